The molecule has 17 heavy (non-hydrogen) atoms. The van der Waals surface area contributed by atoms with Crippen LogP contribution in [0.1, 0.15) is 18.0 Å². The second-order valence-corrected chi connectivity index (χ2v) is 4.60. The molecule has 3 nitrogen and oxygen atoms in total. The van der Waals surface area contributed by atoms with Crippen LogP contribution in [0, 0.1) is 11.3 Å². The van der Waals surface area contributed by atoms with Crippen molar-refractivity contribution in [1.82, 2.24) is 10.2 Å². The first-order valence-corrected chi connectivity index (χ1v) is 6.29. The maximum absolute atomic E-state index is 9.38. The Morgan fingerprint density at radius 3 is 2.88 bits per heavy atom. The van der Waals surface area contributed by atoms with Gasteiger partial charge in [0.1, 0.15) is 6.04 Å². The van der Waals surface area contributed by atoms with Crippen LogP contribution in [-0.2, 0) is 0 Å². The predicted octanol–water partition coefficient (Wildman–Crippen LogP) is 2.20. The maximum Gasteiger partial charge on any atom is 0.125 e. The van der Waals surface area contributed by atoms with Gasteiger partial charge < -0.3 is 5.32 Å². The summed E-state index contributed by atoms with van der Waals surface area (Å²) >= 11 is 6.16. The smallest absolute Gasteiger partial charge is 0.125 e. The van der Waals surface area contributed by atoms with E-state index in [1.54, 1.807) is 0 Å². The largest absolute Gasteiger partial charge is 0.315 e. The highest BCUT2D eigenvalue weighted by Crippen LogP contribution is 2.27. The zero-order valence-electron chi connectivity index (χ0n) is 9.69. The zero-order valence-corrected chi connectivity index (χ0v) is 10.5. The molecule has 0 spiro atoms. The molecule has 1 aromatic rings. The van der Waals surface area contributed by atoms with E-state index < -0.39 is 0 Å². The van der Waals surface area contributed by atoms with Gasteiger partial charge in [-0.15, -0.1) is 0 Å². The molecule has 1 saturated heterocycles. The minimum atomic E-state index is -0.233. The molecule has 1 aliphatic heterocycles. The maximum atomic E-state index is 9.38. The van der Waals surface area contributed by atoms with Crippen molar-refractivity contribution in [3.05, 3.63) is 34.9 Å². The molecule has 1 unspecified atom stereocenters. The molecule has 1 atom stereocenters. The molecule has 0 saturated carbocycles. The van der Waals surface area contributed by atoms with Crippen molar-refractivity contribution in [2.45, 2.75) is 12.5 Å². The second-order valence-electron chi connectivity index (χ2n) is 4.19. The topological polar surface area (TPSA) is 39.1 Å². The molecule has 0 aromatic heterocycles. The molecule has 1 heterocycles. The lowest BCUT2D eigenvalue weighted by Gasteiger charge is -2.25. The van der Waals surface area contributed by atoms with Crippen LogP contribution >= 0.6 is 11.6 Å². The van der Waals surface area contributed by atoms with Gasteiger partial charge in [-0.25, -0.2) is 0 Å². The third-order valence-electron chi connectivity index (χ3n) is 3.06. The SMILES string of the molecule is N#CC(c1ccccc1Cl)N1CCCNCC1. The Labute approximate surface area is 107 Å². The highest BCUT2D eigenvalue weighted by molar-refractivity contribution is 6.31. The van der Waals surface area contributed by atoms with Crippen molar-refractivity contribution >= 4 is 11.6 Å². The summed E-state index contributed by atoms with van der Waals surface area (Å²) in [6, 6.07) is 9.75. The van der Waals surface area contributed by atoms with Gasteiger partial charge in [0.05, 0.1) is 6.07 Å². The first-order valence-electron chi connectivity index (χ1n) is 5.92. The normalized spacial score (nSPS) is 19.3. The molecule has 0 radical (unpaired) electrons. The molecule has 0 aliphatic carbocycles. The fourth-order valence-electron chi connectivity index (χ4n) is 2.17. The molecule has 4 heteroatoms. The Kier molecular flexibility index (Phi) is 4.38. The lowest BCUT2D eigenvalue weighted by molar-refractivity contribution is 0.252. The number of nitrogens with one attached hydrogen (secondary N) is 1. The van der Waals surface area contributed by atoms with Crippen LogP contribution in [0.25, 0.3) is 0 Å². The molecule has 2 rings (SSSR count). The number of benzene rings is 1. The van der Waals surface area contributed by atoms with E-state index in [9.17, 15) is 5.26 Å². The van der Waals surface area contributed by atoms with Crippen LogP contribution in [0.4, 0.5) is 0 Å². The average Bonchev–Trinajstić information content (AvgIpc) is 2.62. The minimum absolute atomic E-state index is 0.233. The number of nitriles is 1. The lowest BCUT2D eigenvalue weighted by Crippen LogP contribution is -2.31. The summed E-state index contributed by atoms with van der Waals surface area (Å²) in [5, 5.41) is 13.4. The van der Waals surface area contributed by atoms with Gasteiger partial charge in [-0.05, 0) is 19.0 Å². The molecule has 1 N–H and O–H groups in total. The number of nitrogens with zero attached hydrogens (tertiary/aromatic N) is 2. The van der Waals surface area contributed by atoms with E-state index in [-0.39, 0.29) is 6.04 Å². The van der Waals surface area contributed by atoms with Crippen molar-refractivity contribution in [3.63, 3.8) is 0 Å². The van der Waals surface area contributed by atoms with Crippen LogP contribution in [0.15, 0.2) is 24.3 Å². The Morgan fingerprint density at radius 1 is 1.29 bits per heavy atom. The summed E-state index contributed by atoms with van der Waals surface area (Å²) in [5.41, 5.74) is 0.915. The summed E-state index contributed by atoms with van der Waals surface area (Å²) in [4.78, 5) is 2.20. The molecule has 1 aromatic carbocycles. The summed E-state index contributed by atoms with van der Waals surface area (Å²) in [6.45, 7) is 3.79. The van der Waals surface area contributed by atoms with E-state index in [2.05, 4.69) is 16.3 Å². The fourth-order valence-corrected chi connectivity index (χ4v) is 2.41. The first-order chi connectivity index (χ1) is 8.33. The number of halogens is 1. The molecular weight excluding hydrogens is 234 g/mol. The zero-order chi connectivity index (χ0) is 12.1. The molecule has 1 aliphatic rings. The van der Waals surface area contributed by atoms with Gasteiger partial charge in [0.2, 0.25) is 0 Å². The standard InChI is InChI=1S/C13H16ClN3/c14-12-5-2-1-4-11(12)13(10-15)17-8-3-6-16-7-9-17/h1-2,4-5,13,16H,3,6-9H2. The number of hydrogen-bond donors (Lipinski definition) is 1. The predicted molar refractivity (Wildman–Crippen MR) is 68.9 cm³/mol. The fraction of sp³-hybridized carbons (Fsp3) is 0.462. The summed E-state index contributed by atoms with van der Waals surface area (Å²) < 4.78 is 0. The molecule has 90 valence electrons. The van der Waals surface area contributed by atoms with E-state index in [1.165, 1.54) is 0 Å². The Morgan fingerprint density at radius 2 is 2.12 bits per heavy atom. The Hall–Kier alpha value is -1.08. The third kappa shape index (κ3) is 2.98. The monoisotopic (exact) mass is 249 g/mol. The van der Waals surface area contributed by atoms with Gasteiger partial charge in [0.15, 0.2) is 0 Å². The van der Waals surface area contributed by atoms with Gasteiger partial charge in [-0.1, -0.05) is 29.8 Å². The van der Waals surface area contributed by atoms with Gasteiger partial charge in [0.25, 0.3) is 0 Å². The van der Waals surface area contributed by atoms with E-state index >= 15 is 0 Å². The first kappa shape index (κ1) is 12.4. The van der Waals surface area contributed by atoms with Gasteiger partial charge in [-0.3, -0.25) is 4.90 Å². The van der Waals surface area contributed by atoms with Gasteiger partial charge >= 0.3 is 0 Å². The van der Waals surface area contributed by atoms with Crippen molar-refractivity contribution in [3.8, 4) is 6.07 Å². The highest BCUT2D eigenvalue weighted by atomic mass is 35.5. The Bertz CT molecular complexity index is 405. The molecule has 0 bridgehead atoms. The Balaban J connectivity index is 2.21. The van der Waals surface area contributed by atoms with Crippen molar-refractivity contribution in [2.24, 2.45) is 0 Å². The van der Waals surface area contributed by atoms with Crippen molar-refractivity contribution in [2.75, 3.05) is 26.2 Å². The van der Waals surface area contributed by atoms with Gasteiger partial charge in [0, 0.05) is 30.2 Å². The molecule has 1 fully saturated rings. The van der Waals surface area contributed by atoms with Crippen LogP contribution in [-0.4, -0.2) is 31.1 Å². The number of rotatable bonds is 2. The van der Waals surface area contributed by atoms with Crippen LogP contribution in [0.5, 0.6) is 0 Å². The van der Waals surface area contributed by atoms with E-state index in [4.69, 9.17) is 11.6 Å². The van der Waals surface area contributed by atoms with Gasteiger partial charge in [-0.2, -0.15) is 5.26 Å². The molecule has 0 amide bonds. The minimum Gasteiger partial charge on any atom is -0.315 e. The second kappa shape index (κ2) is 6.02. The molecular formula is C13H16ClN3. The lowest BCUT2D eigenvalue weighted by atomic mass is 10.1. The van der Waals surface area contributed by atoms with Crippen molar-refractivity contribution < 1.29 is 0 Å². The van der Waals surface area contributed by atoms with Crippen LogP contribution < -0.4 is 5.32 Å². The third-order valence-corrected chi connectivity index (χ3v) is 3.41. The van der Waals surface area contributed by atoms with E-state index in [0.29, 0.717) is 5.02 Å². The summed E-state index contributed by atoms with van der Waals surface area (Å²) in [5.74, 6) is 0. The van der Waals surface area contributed by atoms with E-state index in [0.717, 1.165) is 38.2 Å². The highest BCUT2D eigenvalue weighted by Gasteiger charge is 2.22. The number of hydrogen-bond acceptors (Lipinski definition) is 3. The van der Waals surface area contributed by atoms with E-state index in [1.807, 2.05) is 24.3 Å². The van der Waals surface area contributed by atoms with Crippen LogP contribution in [0.2, 0.25) is 5.02 Å². The van der Waals surface area contributed by atoms with Crippen molar-refractivity contribution in [1.29, 1.82) is 5.26 Å². The quantitative estimate of drug-likeness (QED) is 0.874. The van der Waals surface area contributed by atoms with Crippen LogP contribution in [0.3, 0.4) is 0 Å². The summed E-state index contributed by atoms with van der Waals surface area (Å²) in [7, 11) is 0. The average molecular weight is 250 g/mol. The summed E-state index contributed by atoms with van der Waals surface area (Å²) in [6.07, 6.45) is 1.07.